The Bertz CT molecular complexity index is 965. The summed E-state index contributed by atoms with van der Waals surface area (Å²) in [5.74, 6) is -1.73. The number of rotatable bonds is 6. The molecule has 0 saturated heterocycles. The summed E-state index contributed by atoms with van der Waals surface area (Å²) in [5, 5.41) is 10.4. The molecule has 1 aliphatic rings. The number of hydrogen-bond acceptors (Lipinski definition) is 2. The second kappa shape index (κ2) is 7.53. The summed E-state index contributed by atoms with van der Waals surface area (Å²) in [6.07, 6.45) is 2.24. The van der Waals surface area contributed by atoms with E-state index in [0.29, 0.717) is 26.2 Å². The fourth-order valence-corrected chi connectivity index (χ4v) is 4.10. The fourth-order valence-electron chi connectivity index (χ4n) is 4.10. The summed E-state index contributed by atoms with van der Waals surface area (Å²) in [6.45, 7) is 1.67. The summed E-state index contributed by atoms with van der Waals surface area (Å²) in [6, 6.07) is 14.6. The molecule has 5 heteroatoms. The van der Waals surface area contributed by atoms with E-state index in [1.54, 1.807) is 6.07 Å². The summed E-state index contributed by atoms with van der Waals surface area (Å²) >= 11 is 0. The highest BCUT2D eigenvalue weighted by Crippen LogP contribution is 2.39. The molecule has 4 rings (SSSR count). The van der Waals surface area contributed by atoms with Crippen LogP contribution in [0.5, 0.6) is 0 Å². The van der Waals surface area contributed by atoms with E-state index in [0.717, 1.165) is 40.6 Å². The van der Waals surface area contributed by atoms with Crippen molar-refractivity contribution in [2.75, 3.05) is 6.61 Å². The molecule has 1 aromatic heterocycles. The summed E-state index contributed by atoms with van der Waals surface area (Å²) in [4.78, 5) is 11.7. The van der Waals surface area contributed by atoms with Gasteiger partial charge in [-0.25, -0.2) is 4.39 Å². The first-order valence-corrected chi connectivity index (χ1v) is 9.30. The van der Waals surface area contributed by atoms with Gasteiger partial charge in [-0.1, -0.05) is 30.3 Å². The SMILES string of the molecule is O=C(O)C1CCCc2c1c1cc(F)ccc1n2CCOCc1ccccc1. The Hall–Kier alpha value is -2.66. The van der Waals surface area contributed by atoms with E-state index in [9.17, 15) is 14.3 Å². The summed E-state index contributed by atoms with van der Waals surface area (Å²) in [7, 11) is 0. The number of fused-ring (bicyclic) bond motifs is 3. The molecule has 0 radical (unpaired) electrons. The average Bonchev–Trinajstić information content (AvgIpc) is 2.99. The number of aromatic nitrogens is 1. The molecule has 4 nitrogen and oxygen atoms in total. The minimum atomic E-state index is -0.834. The van der Waals surface area contributed by atoms with E-state index in [2.05, 4.69) is 4.57 Å². The molecular formula is C22H22FNO3. The zero-order chi connectivity index (χ0) is 18.8. The normalized spacial score (nSPS) is 16.4. The molecule has 2 aromatic carbocycles. The number of carboxylic acid groups (broad SMARTS) is 1. The Morgan fingerprint density at radius 2 is 2.04 bits per heavy atom. The maximum absolute atomic E-state index is 13.9. The van der Waals surface area contributed by atoms with Crippen LogP contribution in [0.3, 0.4) is 0 Å². The molecule has 0 bridgehead atoms. The van der Waals surface area contributed by atoms with Gasteiger partial charge in [0.05, 0.1) is 19.1 Å². The zero-order valence-electron chi connectivity index (χ0n) is 15.0. The first-order valence-electron chi connectivity index (χ1n) is 9.30. The number of benzene rings is 2. The van der Waals surface area contributed by atoms with Gasteiger partial charge in [0, 0.05) is 23.1 Å². The molecule has 1 atom stereocenters. The van der Waals surface area contributed by atoms with Gasteiger partial charge >= 0.3 is 5.97 Å². The molecule has 27 heavy (non-hydrogen) atoms. The molecule has 0 spiro atoms. The van der Waals surface area contributed by atoms with Crippen molar-refractivity contribution in [3.05, 3.63) is 71.2 Å². The summed E-state index contributed by atoms with van der Waals surface area (Å²) < 4.78 is 21.8. The van der Waals surface area contributed by atoms with Crippen LogP contribution in [-0.4, -0.2) is 22.2 Å². The lowest BCUT2D eigenvalue weighted by Gasteiger charge is -2.21. The van der Waals surface area contributed by atoms with E-state index in [4.69, 9.17) is 4.74 Å². The van der Waals surface area contributed by atoms with E-state index in [1.807, 2.05) is 30.3 Å². The van der Waals surface area contributed by atoms with Gasteiger partial charge in [0.15, 0.2) is 0 Å². The van der Waals surface area contributed by atoms with Crippen LogP contribution >= 0.6 is 0 Å². The predicted octanol–water partition coefficient (Wildman–Crippen LogP) is 4.50. The Kier molecular flexibility index (Phi) is 4.94. The van der Waals surface area contributed by atoms with Gasteiger partial charge in [0.25, 0.3) is 0 Å². The topological polar surface area (TPSA) is 51.5 Å². The van der Waals surface area contributed by atoms with Gasteiger partial charge in [-0.05, 0) is 48.6 Å². The van der Waals surface area contributed by atoms with Crippen LogP contribution in [0.15, 0.2) is 48.5 Å². The molecule has 0 aliphatic heterocycles. The van der Waals surface area contributed by atoms with Crippen LogP contribution in [0.25, 0.3) is 10.9 Å². The maximum atomic E-state index is 13.9. The van der Waals surface area contributed by atoms with Crippen LogP contribution in [0, 0.1) is 5.82 Å². The molecule has 0 amide bonds. The number of ether oxygens (including phenoxy) is 1. The lowest BCUT2D eigenvalue weighted by atomic mass is 9.85. The molecule has 1 unspecified atom stereocenters. The van der Waals surface area contributed by atoms with E-state index < -0.39 is 11.9 Å². The van der Waals surface area contributed by atoms with E-state index >= 15 is 0 Å². The van der Waals surface area contributed by atoms with Gasteiger partial charge in [-0.15, -0.1) is 0 Å². The first-order chi connectivity index (χ1) is 13.1. The third kappa shape index (κ3) is 3.47. The average molecular weight is 367 g/mol. The van der Waals surface area contributed by atoms with Crippen molar-refractivity contribution in [3.63, 3.8) is 0 Å². The Morgan fingerprint density at radius 3 is 2.81 bits per heavy atom. The van der Waals surface area contributed by atoms with Gasteiger partial charge in [0.1, 0.15) is 5.82 Å². The van der Waals surface area contributed by atoms with Crippen molar-refractivity contribution in [2.24, 2.45) is 0 Å². The minimum absolute atomic E-state index is 0.336. The fraction of sp³-hybridized carbons (Fsp3) is 0.318. The number of carbonyl (C=O) groups is 1. The third-order valence-corrected chi connectivity index (χ3v) is 5.30. The first kappa shape index (κ1) is 17.7. The molecule has 3 aromatic rings. The minimum Gasteiger partial charge on any atom is -0.481 e. The van der Waals surface area contributed by atoms with Crippen LogP contribution in [-0.2, 0) is 29.1 Å². The van der Waals surface area contributed by atoms with Crippen molar-refractivity contribution < 1.29 is 19.0 Å². The molecule has 0 saturated carbocycles. The molecule has 1 N–H and O–H groups in total. The van der Waals surface area contributed by atoms with Crippen molar-refractivity contribution >= 4 is 16.9 Å². The van der Waals surface area contributed by atoms with Crippen molar-refractivity contribution in [2.45, 2.75) is 38.3 Å². The van der Waals surface area contributed by atoms with Gasteiger partial charge < -0.3 is 14.4 Å². The Labute approximate surface area is 157 Å². The molecule has 140 valence electrons. The van der Waals surface area contributed by atoms with Gasteiger partial charge in [0.2, 0.25) is 0 Å². The Balaban J connectivity index is 1.61. The van der Waals surface area contributed by atoms with Crippen LogP contribution < -0.4 is 0 Å². The van der Waals surface area contributed by atoms with Gasteiger partial charge in [-0.3, -0.25) is 4.79 Å². The number of halogens is 1. The summed E-state index contributed by atoms with van der Waals surface area (Å²) in [5.41, 5.74) is 3.80. The quantitative estimate of drug-likeness (QED) is 0.653. The zero-order valence-corrected chi connectivity index (χ0v) is 15.0. The lowest BCUT2D eigenvalue weighted by Crippen LogP contribution is -2.19. The molecule has 0 fully saturated rings. The molecule has 1 aliphatic carbocycles. The van der Waals surface area contributed by atoms with Gasteiger partial charge in [-0.2, -0.15) is 0 Å². The Morgan fingerprint density at radius 1 is 1.22 bits per heavy atom. The van der Waals surface area contributed by atoms with Crippen LogP contribution in [0.1, 0.15) is 35.6 Å². The van der Waals surface area contributed by atoms with Crippen molar-refractivity contribution in [1.29, 1.82) is 0 Å². The van der Waals surface area contributed by atoms with E-state index in [1.165, 1.54) is 12.1 Å². The predicted molar refractivity (Wildman–Crippen MR) is 101 cm³/mol. The van der Waals surface area contributed by atoms with Crippen molar-refractivity contribution in [1.82, 2.24) is 4.57 Å². The third-order valence-electron chi connectivity index (χ3n) is 5.30. The molecule has 1 heterocycles. The monoisotopic (exact) mass is 367 g/mol. The number of carboxylic acids is 1. The highest BCUT2D eigenvalue weighted by atomic mass is 19.1. The second-order valence-corrected chi connectivity index (χ2v) is 6.99. The van der Waals surface area contributed by atoms with Crippen LogP contribution in [0.2, 0.25) is 0 Å². The molecular weight excluding hydrogens is 345 g/mol. The standard InChI is InChI=1S/C22H22FNO3/c23-16-9-10-19-18(13-16)21-17(22(25)26)7-4-8-20(21)24(19)11-12-27-14-15-5-2-1-3-6-15/h1-3,5-6,9-10,13,17H,4,7-8,11-12,14H2,(H,25,26). The number of nitrogens with zero attached hydrogens (tertiary/aromatic N) is 1. The van der Waals surface area contributed by atoms with E-state index in [-0.39, 0.29) is 5.82 Å². The largest absolute Gasteiger partial charge is 0.481 e. The second-order valence-electron chi connectivity index (χ2n) is 6.99. The highest BCUT2D eigenvalue weighted by Gasteiger charge is 2.31. The van der Waals surface area contributed by atoms with Crippen LogP contribution in [0.4, 0.5) is 4.39 Å². The van der Waals surface area contributed by atoms with Crippen molar-refractivity contribution in [3.8, 4) is 0 Å². The number of aliphatic carboxylic acids is 1. The smallest absolute Gasteiger partial charge is 0.311 e. The number of hydrogen-bond donors (Lipinski definition) is 1. The maximum Gasteiger partial charge on any atom is 0.311 e. The lowest BCUT2D eigenvalue weighted by molar-refractivity contribution is -0.139. The highest BCUT2D eigenvalue weighted by molar-refractivity contribution is 5.91.